The zero-order valence-corrected chi connectivity index (χ0v) is 13.9. The Hall–Kier alpha value is -3.05. The molecule has 0 aliphatic rings. The number of hydrogen-bond acceptors (Lipinski definition) is 5. The molecule has 0 aliphatic carbocycles. The Morgan fingerprint density at radius 2 is 1.96 bits per heavy atom. The quantitative estimate of drug-likeness (QED) is 0.554. The molecular formula is C20H20O5. The van der Waals surface area contributed by atoms with Crippen molar-refractivity contribution in [3.05, 3.63) is 59.7 Å². The van der Waals surface area contributed by atoms with E-state index in [1.54, 1.807) is 36.4 Å². The maximum atomic E-state index is 11.7. The summed E-state index contributed by atoms with van der Waals surface area (Å²) < 4.78 is 4.68. The smallest absolute Gasteiger partial charge is 0.333 e. The summed E-state index contributed by atoms with van der Waals surface area (Å²) in [5.74, 6) is -0.551. The lowest BCUT2D eigenvalue weighted by atomic mass is 9.96. The molecule has 2 aromatic rings. The lowest BCUT2D eigenvalue weighted by Gasteiger charge is -2.11. The first-order chi connectivity index (χ1) is 12.0. The summed E-state index contributed by atoms with van der Waals surface area (Å²) in [4.78, 5) is 11.7. The second-order valence-electron chi connectivity index (χ2n) is 5.36. The minimum Gasteiger partial charge on any atom is -0.507 e. The highest BCUT2D eigenvalue weighted by atomic mass is 16.5. The molecule has 0 atom stereocenters. The molecule has 0 saturated heterocycles. The second-order valence-corrected chi connectivity index (χ2v) is 5.36. The maximum absolute atomic E-state index is 11.7. The third-order valence-electron chi connectivity index (χ3n) is 3.76. The van der Waals surface area contributed by atoms with Crippen LogP contribution in [0.5, 0.6) is 11.5 Å². The molecule has 0 bridgehead atoms. The summed E-state index contributed by atoms with van der Waals surface area (Å²) in [7, 11) is 1.27. The van der Waals surface area contributed by atoms with Crippen LogP contribution in [0, 0.1) is 0 Å². The lowest BCUT2D eigenvalue weighted by Crippen LogP contribution is -2.06. The second kappa shape index (κ2) is 8.17. The van der Waals surface area contributed by atoms with E-state index in [9.17, 15) is 15.0 Å². The first-order valence-corrected chi connectivity index (χ1v) is 7.69. The predicted octanol–water partition coefficient (Wildman–Crippen LogP) is 3.35. The van der Waals surface area contributed by atoms with Crippen molar-refractivity contribution in [1.29, 1.82) is 0 Å². The molecule has 2 rings (SSSR count). The van der Waals surface area contributed by atoms with Crippen LogP contribution >= 0.6 is 0 Å². The number of phenols is 2. The SMILES string of the molecule is C=Cc1cccc(O)c1-c1ccc(C=C(CCO)C(=O)OC)cc1O. The normalized spacial score (nSPS) is 11.2. The first kappa shape index (κ1) is 18.3. The molecule has 130 valence electrons. The van der Waals surface area contributed by atoms with Gasteiger partial charge in [-0.25, -0.2) is 4.79 Å². The molecule has 0 unspecified atom stereocenters. The molecule has 0 fully saturated rings. The number of aliphatic hydroxyl groups is 1. The van der Waals surface area contributed by atoms with E-state index in [0.717, 1.165) is 0 Å². The van der Waals surface area contributed by atoms with Crippen LogP contribution in [0.15, 0.2) is 48.6 Å². The summed E-state index contributed by atoms with van der Waals surface area (Å²) in [5.41, 5.74) is 2.49. The number of carbonyl (C=O) groups is 1. The number of aromatic hydroxyl groups is 2. The largest absolute Gasteiger partial charge is 0.507 e. The van der Waals surface area contributed by atoms with Crippen molar-refractivity contribution in [3.8, 4) is 22.6 Å². The van der Waals surface area contributed by atoms with Gasteiger partial charge in [-0.05, 0) is 35.4 Å². The van der Waals surface area contributed by atoms with Crippen molar-refractivity contribution in [1.82, 2.24) is 0 Å². The molecule has 0 radical (unpaired) electrons. The van der Waals surface area contributed by atoms with Gasteiger partial charge in [0.05, 0.1) is 7.11 Å². The Kier molecular flexibility index (Phi) is 5.98. The van der Waals surface area contributed by atoms with Crippen LogP contribution in [0.3, 0.4) is 0 Å². The van der Waals surface area contributed by atoms with Crippen LogP contribution < -0.4 is 0 Å². The monoisotopic (exact) mass is 340 g/mol. The van der Waals surface area contributed by atoms with Crippen molar-refractivity contribution in [3.63, 3.8) is 0 Å². The van der Waals surface area contributed by atoms with E-state index in [-0.39, 0.29) is 24.5 Å². The molecule has 2 aromatic carbocycles. The van der Waals surface area contributed by atoms with Gasteiger partial charge >= 0.3 is 5.97 Å². The Morgan fingerprint density at radius 3 is 2.56 bits per heavy atom. The summed E-state index contributed by atoms with van der Waals surface area (Å²) >= 11 is 0. The molecule has 0 heterocycles. The van der Waals surface area contributed by atoms with Gasteiger partial charge in [0.15, 0.2) is 0 Å². The minimum atomic E-state index is -0.535. The van der Waals surface area contributed by atoms with Crippen molar-refractivity contribution < 1.29 is 24.9 Å². The van der Waals surface area contributed by atoms with E-state index in [1.165, 1.54) is 19.2 Å². The number of esters is 1. The van der Waals surface area contributed by atoms with Gasteiger partial charge in [0.25, 0.3) is 0 Å². The van der Waals surface area contributed by atoms with Gasteiger partial charge in [-0.2, -0.15) is 0 Å². The summed E-state index contributed by atoms with van der Waals surface area (Å²) in [6.45, 7) is 3.53. The fourth-order valence-electron chi connectivity index (χ4n) is 2.56. The van der Waals surface area contributed by atoms with Gasteiger partial charge in [-0.15, -0.1) is 0 Å². The van der Waals surface area contributed by atoms with Crippen LogP contribution in [0.4, 0.5) is 0 Å². The topological polar surface area (TPSA) is 87.0 Å². The Labute approximate surface area is 146 Å². The lowest BCUT2D eigenvalue weighted by molar-refractivity contribution is -0.136. The fraction of sp³-hybridized carbons (Fsp3) is 0.150. The Bertz CT molecular complexity index is 821. The molecule has 0 spiro atoms. The van der Waals surface area contributed by atoms with Crippen molar-refractivity contribution in [2.24, 2.45) is 0 Å². The third-order valence-corrected chi connectivity index (χ3v) is 3.76. The van der Waals surface area contributed by atoms with Gasteiger partial charge in [-0.1, -0.05) is 30.9 Å². The standard InChI is InChI=1S/C20H20O5/c1-3-14-5-4-6-17(22)19(14)16-8-7-13(12-18(16)23)11-15(9-10-21)20(24)25-2/h3-8,11-12,21-23H,1,9-10H2,2H3. The first-order valence-electron chi connectivity index (χ1n) is 7.69. The predicted molar refractivity (Wildman–Crippen MR) is 97.0 cm³/mol. The highest BCUT2D eigenvalue weighted by Crippen LogP contribution is 2.39. The van der Waals surface area contributed by atoms with Crippen molar-refractivity contribution in [2.75, 3.05) is 13.7 Å². The van der Waals surface area contributed by atoms with Gasteiger partial charge in [0.1, 0.15) is 11.5 Å². The van der Waals surface area contributed by atoms with E-state index in [4.69, 9.17) is 5.11 Å². The van der Waals surface area contributed by atoms with Crippen LogP contribution in [0.1, 0.15) is 17.5 Å². The van der Waals surface area contributed by atoms with E-state index in [2.05, 4.69) is 11.3 Å². The zero-order valence-electron chi connectivity index (χ0n) is 13.9. The highest BCUT2D eigenvalue weighted by molar-refractivity contribution is 5.94. The van der Waals surface area contributed by atoms with Gasteiger partial charge in [0, 0.05) is 29.7 Å². The summed E-state index contributed by atoms with van der Waals surface area (Å²) in [6, 6.07) is 9.85. The number of phenolic OH excluding ortho intramolecular Hbond substituents is 2. The molecule has 5 nitrogen and oxygen atoms in total. The summed E-state index contributed by atoms with van der Waals surface area (Å²) in [5, 5.41) is 29.6. The van der Waals surface area contributed by atoms with Crippen molar-refractivity contribution in [2.45, 2.75) is 6.42 Å². The van der Waals surface area contributed by atoms with Gasteiger partial charge < -0.3 is 20.1 Å². The summed E-state index contributed by atoms with van der Waals surface area (Å²) in [6.07, 6.45) is 3.29. The molecule has 5 heteroatoms. The van der Waals surface area contributed by atoms with Crippen LogP contribution in [-0.4, -0.2) is 35.0 Å². The van der Waals surface area contributed by atoms with Gasteiger partial charge in [-0.3, -0.25) is 0 Å². The Morgan fingerprint density at radius 1 is 1.20 bits per heavy atom. The molecule has 0 aromatic heterocycles. The number of rotatable bonds is 6. The van der Waals surface area contributed by atoms with E-state index < -0.39 is 5.97 Å². The molecular weight excluding hydrogens is 320 g/mol. The molecule has 3 N–H and O–H groups in total. The highest BCUT2D eigenvalue weighted by Gasteiger charge is 2.14. The van der Waals surface area contributed by atoms with E-state index in [1.807, 2.05) is 0 Å². The number of benzene rings is 2. The number of carbonyl (C=O) groups excluding carboxylic acids is 1. The number of hydrogen-bond donors (Lipinski definition) is 3. The van der Waals surface area contributed by atoms with Crippen molar-refractivity contribution >= 4 is 18.1 Å². The van der Waals surface area contributed by atoms with Crippen LogP contribution in [-0.2, 0) is 9.53 Å². The molecule has 25 heavy (non-hydrogen) atoms. The fourth-order valence-corrected chi connectivity index (χ4v) is 2.56. The molecule has 0 saturated carbocycles. The zero-order chi connectivity index (χ0) is 18.4. The number of aliphatic hydroxyl groups excluding tert-OH is 1. The average molecular weight is 340 g/mol. The minimum absolute atomic E-state index is 0.0338. The van der Waals surface area contributed by atoms with Crippen LogP contribution in [0.25, 0.3) is 23.3 Å². The average Bonchev–Trinajstić information content (AvgIpc) is 2.61. The Balaban J connectivity index is 2.49. The molecule has 0 aliphatic heterocycles. The van der Waals surface area contributed by atoms with E-state index in [0.29, 0.717) is 27.8 Å². The van der Waals surface area contributed by atoms with E-state index >= 15 is 0 Å². The molecule has 0 amide bonds. The number of methoxy groups -OCH3 is 1. The third kappa shape index (κ3) is 4.08. The number of ether oxygens (including phenoxy) is 1. The van der Waals surface area contributed by atoms with Gasteiger partial charge in [0.2, 0.25) is 0 Å². The van der Waals surface area contributed by atoms with Crippen LogP contribution in [0.2, 0.25) is 0 Å². The maximum Gasteiger partial charge on any atom is 0.333 e.